The first-order valence-corrected chi connectivity index (χ1v) is 8.16. The van der Waals surface area contributed by atoms with Crippen molar-refractivity contribution in [1.29, 1.82) is 0 Å². The normalized spacial score (nSPS) is 14.9. The molecule has 0 aromatic heterocycles. The Morgan fingerprint density at radius 2 is 1.88 bits per heavy atom. The van der Waals surface area contributed by atoms with Crippen molar-refractivity contribution in [3.05, 3.63) is 17.7 Å². The fourth-order valence-electron chi connectivity index (χ4n) is 2.52. The number of Topliss-reactive ketones (excluding diaryl/α,β-unsaturated/α-hetero) is 1. The predicted octanol–water partition coefficient (Wildman–Crippen LogP) is 1.06. The molecule has 2 amide bonds. The zero-order valence-corrected chi connectivity index (χ0v) is 15.7. The number of phenols is 1. The summed E-state index contributed by atoms with van der Waals surface area (Å²) in [6.07, 6.45) is 0.164. The lowest BCUT2D eigenvalue weighted by atomic mass is 9.92. The zero-order valence-electron chi connectivity index (χ0n) is 15.7. The quantitative estimate of drug-likeness (QED) is 0.839. The van der Waals surface area contributed by atoms with Crippen molar-refractivity contribution >= 4 is 17.6 Å². The third kappa shape index (κ3) is 4.44. The number of hydrogen-bond donors (Lipinski definition) is 1. The van der Waals surface area contributed by atoms with Crippen molar-refractivity contribution in [1.82, 2.24) is 9.80 Å². The van der Waals surface area contributed by atoms with Crippen LogP contribution < -0.4 is 9.47 Å². The van der Waals surface area contributed by atoms with Gasteiger partial charge in [-0.2, -0.15) is 0 Å². The zero-order chi connectivity index (χ0) is 19.6. The molecule has 0 saturated carbocycles. The lowest BCUT2D eigenvalue weighted by Crippen LogP contribution is -2.39. The minimum Gasteiger partial charge on any atom is -0.507 e. The van der Waals surface area contributed by atoms with Gasteiger partial charge in [-0.15, -0.1) is 0 Å². The van der Waals surface area contributed by atoms with E-state index >= 15 is 0 Å². The molecule has 8 nitrogen and oxygen atoms in total. The Balaban J connectivity index is 2.07. The molecule has 8 heteroatoms. The van der Waals surface area contributed by atoms with Crippen LogP contribution in [0.5, 0.6) is 17.2 Å². The standard InChI is InChI=1S/C18H24N2O6/c1-18(2)8-13(22)17-12(21)6-11(7-14(17)26-18)25-10-16(24)20(5)9-15(23)19(3)4/h6-7,21H,8-10H2,1-5H3. The highest BCUT2D eigenvalue weighted by Crippen LogP contribution is 2.40. The summed E-state index contributed by atoms with van der Waals surface area (Å²) in [6.45, 7) is 3.18. The third-order valence-corrected chi connectivity index (χ3v) is 3.97. The second-order valence-electron chi connectivity index (χ2n) is 7.10. The van der Waals surface area contributed by atoms with Gasteiger partial charge in [0, 0.05) is 33.3 Å². The van der Waals surface area contributed by atoms with Crippen LogP contribution >= 0.6 is 0 Å². The molecule has 26 heavy (non-hydrogen) atoms. The van der Waals surface area contributed by atoms with Crippen LogP contribution in [0.3, 0.4) is 0 Å². The number of nitrogens with zero attached hydrogens (tertiary/aromatic N) is 2. The van der Waals surface area contributed by atoms with E-state index in [-0.39, 0.29) is 54.1 Å². The molecule has 2 rings (SSSR count). The number of hydrogen-bond acceptors (Lipinski definition) is 6. The van der Waals surface area contributed by atoms with E-state index in [1.165, 1.54) is 29.0 Å². The minimum absolute atomic E-state index is 0.0591. The SMILES string of the molecule is CN(C)C(=O)CN(C)C(=O)COc1cc(O)c2c(c1)OC(C)(C)CC2=O. The number of amides is 2. The average Bonchev–Trinajstić information content (AvgIpc) is 2.50. The number of carbonyl (C=O) groups is 3. The van der Waals surface area contributed by atoms with E-state index in [9.17, 15) is 19.5 Å². The molecule has 0 spiro atoms. The largest absolute Gasteiger partial charge is 0.507 e. The number of rotatable bonds is 5. The topological polar surface area (TPSA) is 96.4 Å². The van der Waals surface area contributed by atoms with Gasteiger partial charge < -0.3 is 24.4 Å². The maximum atomic E-state index is 12.2. The van der Waals surface area contributed by atoms with Gasteiger partial charge in [-0.25, -0.2) is 0 Å². The lowest BCUT2D eigenvalue weighted by Gasteiger charge is -2.32. The molecule has 1 N–H and O–H groups in total. The summed E-state index contributed by atoms with van der Waals surface area (Å²) < 4.78 is 11.2. The fourth-order valence-corrected chi connectivity index (χ4v) is 2.52. The molecule has 0 bridgehead atoms. The lowest BCUT2D eigenvalue weighted by molar-refractivity contribution is -0.139. The summed E-state index contributed by atoms with van der Waals surface area (Å²) in [6, 6.07) is 2.75. The molecule has 0 saturated heterocycles. The predicted molar refractivity (Wildman–Crippen MR) is 93.6 cm³/mol. The molecule has 142 valence electrons. The molecule has 1 aliphatic rings. The monoisotopic (exact) mass is 364 g/mol. The van der Waals surface area contributed by atoms with Gasteiger partial charge in [0.25, 0.3) is 5.91 Å². The van der Waals surface area contributed by atoms with E-state index in [0.29, 0.717) is 0 Å². The van der Waals surface area contributed by atoms with Crippen LogP contribution in [-0.2, 0) is 9.59 Å². The average molecular weight is 364 g/mol. The summed E-state index contributed by atoms with van der Waals surface area (Å²) in [5, 5.41) is 10.1. The molecule has 0 unspecified atom stereocenters. The maximum Gasteiger partial charge on any atom is 0.260 e. The molecule has 0 aliphatic carbocycles. The Morgan fingerprint density at radius 3 is 2.50 bits per heavy atom. The molecular formula is C18H24N2O6. The summed E-state index contributed by atoms with van der Waals surface area (Å²) in [5.41, 5.74) is -0.561. The highest BCUT2D eigenvalue weighted by molar-refractivity contribution is 6.03. The third-order valence-electron chi connectivity index (χ3n) is 3.97. The Bertz CT molecular complexity index is 741. The molecular weight excluding hydrogens is 340 g/mol. The summed E-state index contributed by atoms with van der Waals surface area (Å²) in [5.74, 6) is -0.631. The number of fused-ring (bicyclic) bond motifs is 1. The highest BCUT2D eigenvalue weighted by atomic mass is 16.5. The van der Waals surface area contributed by atoms with Crippen molar-refractivity contribution in [2.24, 2.45) is 0 Å². The van der Waals surface area contributed by atoms with Gasteiger partial charge in [0.05, 0.1) is 13.0 Å². The Labute approximate surface area is 152 Å². The number of ketones is 1. The first-order chi connectivity index (χ1) is 12.0. The smallest absolute Gasteiger partial charge is 0.260 e. The van der Waals surface area contributed by atoms with Crippen LogP contribution in [-0.4, -0.2) is 72.4 Å². The van der Waals surface area contributed by atoms with Gasteiger partial charge in [0.2, 0.25) is 5.91 Å². The van der Waals surface area contributed by atoms with E-state index in [1.807, 2.05) is 0 Å². The Morgan fingerprint density at radius 1 is 1.23 bits per heavy atom. The van der Waals surface area contributed by atoms with E-state index in [4.69, 9.17) is 9.47 Å². The molecule has 1 aromatic carbocycles. The van der Waals surface area contributed by atoms with Crippen molar-refractivity contribution in [2.45, 2.75) is 25.9 Å². The number of phenolic OH excluding ortho intramolecular Hbond substituents is 1. The van der Waals surface area contributed by atoms with E-state index in [2.05, 4.69) is 0 Å². The molecule has 0 fully saturated rings. The summed E-state index contributed by atoms with van der Waals surface area (Å²) in [7, 11) is 4.72. The number of aromatic hydroxyl groups is 1. The van der Waals surface area contributed by atoms with E-state index in [0.717, 1.165) is 0 Å². The van der Waals surface area contributed by atoms with Crippen molar-refractivity contribution < 1.29 is 29.0 Å². The molecule has 1 aliphatic heterocycles. The van der Waals surface area contributed by atoms with E-state index in [1.54, 1.807) is 27.9 Å². The second kappa shape index (κ2) is 7.23. The fraction of sp³-hybridized carbons (Fsp3) is 0.500. The van der Waals surface area contributed by atoms with Crippen LogP contribution in [0.1, 0.15) is 30.6 Å². The Hall–Kier alpha value is -2.77. The highest BCUT2D eigenvalue weighted by Gasteiger charge is 2.35. The second-order valence-corrected chi connectivity index (χ2v) is 7.10. The van der Waals surface area contributed by atoms with Crippen LogP contribution in [0.15, 0.2) is 12.1 Å². The van der Waals surface area contributed by atoms with Gasteiger partial charge in [0.15, 0.2) is 12.4 Å². The van der Waals surface area contributed by atoms with Gasteiger partial charge in [-0.1, -0.05) is 0 Å². The molecule has 1 aromatic rings. The summed E-state index contributed by atoms with van der Waals surface area (Å²) >= 11 is 0. The van der Waals surface area contributed by atoms with Gasteiger partial charge >= 0.3 is 0 Å². The first kappa shape index (κ1) is 19.6. The first-order valence-electron chi connectivity index (χ1n) is 8.16. The van der Waals surface area contributed by atoms with Crippen molar-refractivity contribution in [3.8, 4) is 17.2 Å². The van der Waals surface area contributed by atoms with Crippen LogP contribution in [0.4, 0.5) is 0 Å². The molecule has 1 heterocycles. The van der Waals surface area contributed by atoms with E-state index < -0.39 is 11.5 Å². The van der Waals surface area contributed by atoms with Crippen LogP contribution in [0, 0.1) is 0 Å². The van der Waals surface area contributed by atoms with Gasteiger partial charge in [-0.3, -0.25) is 14.4 Å². The number of carbonyl (C=O) groups excluding carboxylic acids is 3. The Kier molecular flexibility index (Phi) is 5.44. The van der Waals surface area contributed by atoms with Gasteiger partial charge in [-0.05, 0) is 13.8 Å². The van der Waals surface area contributed by atoms with Crippen LogP contribution in [0.2, 0.25) is 0 Å². The van der Waals surface area contributed by atoms with Crippen LogP contribution in [0.25, 0.3) is 0 Å². The number of likely N-dealkylation sites (N-methyl/N-ethyl adjacent to an activating group) is 2. The van der Waals surface area contributed by atoms with Gasteiger partial charge in [0.1, 0.15) is 28.4 Å². The number of ether oxygens (including phenoxy) is 2. The van der Waals surface area contributed by atoms with Crippen molar-refractivity contribution in [2.75, 3.05) is 34.3 Å². The maximum absolute atomic E-state index is 12.2. The minimum atomic E-state index is -0.683. The molecule has 0 atom stereocenters. The summed E-state index contributed by atoms with van der Waals surface area (Å²) in [4.78, 5) is 38.5. The van der Waals surface area contributed by atoms with Crippen molar-refractivity contribution in [3.63, 3.8) is 0 Å². The number of benzene rings is 1. The molecule has 0 radical (unpaired) electrons.